The SMILES string of the molecule is CC1=Cc2c(-c3ccccc3)cccc2C12CC1(C(C)=Cc3c(-c4ccccc4)cccc31)[Si]2(C)C. The van der Waals surface area contributed by atoms with Crippen LogP contribution < -0.4 is 0 Å². The van der Waals surface area contributed by atoms with Crippen molar-refractivity contribution in [3.63, 3.8) is 0 Å². The summed E-state index contributed by atoms with van der Waals surface area (Å²) in [7, 11) is -1.90. The van der Waals surface area contributed by atoms with Crippen LogP contribution in [-0.4, -0.2) is 8.07 Å². The van der Waals surface area contributed by atoms with E-state index in [0.717, 1.165) is 0 Å². The molecule has 2 unspecified atom stereocenters. The molecule has 176 valence electrons. The average Bonchev–Trinajstić information content (AvgIpc) is 3.38. The standard InChI is InChI=1S/C35H32Si/c1-24-21-30-28(26-13-7-5-8-14-26)17-11-19-32(30)34(24)23-35(36(34,3)4)25(2)22-31-29(18-12-20-33(31)35)27-15-9-6-10-16-27/h5-22H,23H2,1-4H3. The molecule has 0 saturated carbocycles. The van der Waals surface area contributed by atoms with Gasteiger partial charge in [-0.05, 0) is 64.8 Å². The van der Waals surface area contributed by atoms with Crippen LogP contribution in [0.15, 0.2) is 108 Å². The molecular formula is C35H32Si. The molecule has 36 heavy (non-hydrogen) atoms. The highest BCUT2D eigenvalue weighted by Crippen LogP contribution is 2.72. The highest BCUT2D eigenvalue weighted by atomic mass is 28.3. The van der Waals surface area contributed by atoms with Crippen LogP contribution >= 0.6 is 0 Å². The molecule has 0 aromatic heterocycles. The monoisotopic (exact) mass is 480 g/mol. The molecule has 3 aliphatic rings. The molecule has 0 amide bonds. The van der Waals surface area contributed by atoms with Crippen LogP contribution in [0.2, 0.25) is 13.1 Å². The fraction of sp³-hybridized carbons (Fsp3) is 0.200. The molecule has 2 aliphatic carbocycles. The second kappa shape index (κ2) is 7.30. The molecule has 0 bridgehead atoms. The van der Waals surface area contributed by atoms with Gasteiger partial charge in [-0.2, -0.15) is 0 Å². The van der Waals surface area contributed by atoms with E-state index in [1.165, 1.54) is 39.8 Å². The molecule has 2 atom stereocenters. The van der Waals surface area contributed by atoms with Gasteiger partial charge in [0.05, 0.1) is 8.07 Å². The van der Waals surface area contributed by atoms with Crippen LogP contribution in [-0.2, 0) is 10.1 Å². The number of fused-ring (bicyclic) bond motifs is 4. The molecule has 1 aliphatic heterocycles. The quantitative estimate of drug-likeness (QED) is 0.251. The van der Waals surface area contributed by atoms with Crippen LogP contribution in [0.25, 0.3) is 34.4 Å². The fourth-order valence-electron chi connectivity index (χ4n) is 8.25. The summed E-state index contributed by atoms with van der Waals surface area (Å²) in [6.45, 7) is 10.1. The maximum atomic E-state index is 2.67. The van der Waals surface area contributed by atoms with Gasteiger partial charge in [0, 0.05) is 10.1 Å². The van der Waals surface area contributed by atoms with Gasteiger partial charge in [0.15, 0.2) is 0 Å². The van der Waals surface area contributed by atoms with E-state index in [0.29, 0.717) is 0 Å². The van der Waals surface area contributed by atoms with Crippen molar-refractivity contribution in [3.8, 4) is 22.3 Å². The lowest BCUT2D eigenvalue weighted by molar-refractivity contribution is 0.407. The lowest BCUT2D eigenvalue weighted by atomic mass is 9.77. The third-order valence-electron chi connectivity index (χ3n) is 10.0. The maximum absolute atomic E-state index is 2.67. The summed E-state index contributed by atoms with van der Waals surface area (Å²) in [5.74, 6) is 0. The molecule has 1 heterocycles. The molecule has 2 spiro atoms. The molecule has 7 rings (SSSR count). The highest BCUT2D eigenvalue weighted by Gasteiger charge is 2.74. The molecule has 0 radical (unpaired) electrons. The zero-order chi connectivity index (χ0) is 24.7. The van der Waals surface area contributed by atoms with Crippen molar-refractivity contribution in [1.29, 1.82) is 0 Å². The first-order valence-corrected chi connectivity index (χ1v) is 16.2. The van der Waals surface area contributed by atoms with Crippen molar-refractivity contribution in [2.24, 2.45) is 0 Å². The average molecular weight is 481 g/mol. The molecular weight excluding hydrogens is 448 g/mol. The Hall–Kier alpha value is -3.42. The van der Waals surface area contributed by atoms with E-state index in [1.54, 1.807) is 22.3 Å². The summed E-state index contributed by atoms with van der Waals surface area (Å²) in [6, 6.07) is 35.9. The van der Waals surface area contributed by atoms with Gasteiger partial charge >= 0.3 is 0 Å². The summed E-state index contributed by atoms with van der Waals surface area (Å²) in [5.41, 5.74) is 14.6. The topological polar surface area (TPSA) is 0 Å². The second-order valence-electron chi connectivity index (χ2n) is 11.5. The molecule has 1 heteroatoms. The van der Waals surface area contributed by atoms with E-state index < -0.39 is 8.07 Å². The number of benzene rings is 4. The van der Waals surface area contributed by atoms with Gasteiger partial charge < -0.3 is 0 Å². The largest absolute Gasteiger partial charge is 0.0799 e. The Morgan fingerprint density at radius 1 is 0.528 bits per heavy atom. The minimum atomic E-state index is -1.90. The Morgan fingerprint density at radius 3 is 1.33 bits per heavy atom. The summed E-state index contributed by atoms with van der Waals surface area (Å²) < 4.78 is 0. The summed E-state index contributed by atoms with van der Waals surface area (Å²) in [4.78, 5) is 0. The molecule has 1 fully saturated rings. The Bertz CT molecular complexity index is 1470. The van der Waals surface area contributed by atoms with Crippen LogP contribution in [0.3, 0.4) is 0 Å². The van der Waals surface area contributed by atoms with E-state index in [4.69, 9.17) is 0 Å². The Kier molecular flexibility index (Phi) is 4.43. The Morgan fingerprint density at radius 2 is 0.944 bits per heavy atom. The zero-order valence-corrected chi connectivity index (χ0v) is 22.6. The van der Waals surface area contributed by atoms with Crippen LogP contribution in [0.4, 0.5) is 0 Å². The van der Waals surface area contributed by atoms with Crippen molar-refractivity contribution >= 4 is 20.2 Å². The van der Waals surface area contributed by atoms with Gasteiger partial charge in [0.25, 0.3) is 0 Å². The van der Waals surface area contributed by atoms with E-state index >= 15 is 0 Å². The third kappa shape index (κ3) is 2.45. The molecule has 0 N–H and O–H groups in total. The van der Waals surface area contributed by atoms with Gasteiger partial charge in [0.2, 0.25) is 0 Å². The van der Waals surface area contributed by atoms with Gasteiger partial charge in [-0.3, -0.25) is 0 Å². The second-order valence-corrected chi connectivity index (χ2v) is 16.5. The van der Waals surface area contributed by atoms with Crippen molar-refractivity contribution < 1.29 is 0 Å². The lowest BCUT2D eigenvalue weighted by Gasteiger charge is -2.68. The molecule has 4 aromatic carbocycles. The van der Waals surface area contributed by atoms with Crippen molar-refractivity contribution in [3.05, 3.63) is 130 Å². The lowest BCUT2D eigenvalue weighted by Crippen LogP contribution is -2.76. The first-order valence-electron chi connectivity index (χ1n) is 13.2. The number of hydrogen-bond donors (Lipinski definition) is 0. The van der Waals surface area contributed by atoms with E-state index in [-0.39, 0.29) is 10.1 Å². The third-order valence-corrected chi connectivity index (χ3v) is 16.0. The number of rotatable bonds is 2. The Balaban J connectivity index is 1.40. The maximum Gasteiger partial charge on any atom is 0.0799 e. The first-order chi connectivity index (χ1) is 17.4. The summed E-state index contributed by atoms with van der Waals surface area (Å²) >= 11 is 0. The van der Waals surface area contributed by atoms with Crippen molar-refractivity contribution in [1.82, 2.24) is 0 Å². The minimum absolute atomic E-state index is 0.187. The van der Waals surface area contributed by atoms with Crippen LogP contribution in [0.1, 0.15) is 42.5 Å². The van der Waals surface area contributed by atoms with E-state index in [9.17, 15) is 0 Å². The van der Waals surface area contributed by atoms with Crippen molar-refractivity contribution in [2.75, 3.05) is 0 Å². The van der Waals surface area contributed by atoms with Crippen molar-refractivity contribution in [2.45, 2.75) is 43.4 Å². The minimum Gasteiger partial charge on any atom is -0.0674 e. The smallest absolute Gasteiger partial charge is 0.0674 e. The predicted octanol–water partition coefficient (Wildman–Crippen LogP) is 9.22. The van der Waals surface area contributed by atoms with Gasteiger partial charge in [-0.1, -0.05) is 133 Å². The summed E-state index contributed by atoms with van der Waals surface area (Å²) in [5, 5.41) is 0.374. The first kappa shape index (κ1) is 21.8. The van der Waals surface area contributed by atoms with Gasteiger partial charge in [-0.25, -0.2) is 0 Å². The fourth-order valence-corrected chi connectivity index (χ4v) is 14.0. The highest BCUT2D eigenvalue weighted by molar-refractivity contribution is 6.88. The molecule has 1 saturated heterocycles. The van der Waals surface area contributed by atoms with E-state index in [1.807, 2.05) is 0 Å². The number of hydrogen-bond acceptors (Lipinski definition) is 0. The van der Waals surface area contributed by atoms with Crippen LogP contribution in [0, 0.1) is 0 Å². The zero-order valence-electron chi connectivity index (χ0n) is 21.6. The van der Waals surface area contributed by atoms with Crippen LogP contribution in [0.5, 0.6) is 0 Å². The molecule has 0 nitrogen and oxygen atoms in total. The van der Waals surface area contributed by atoms with Gasteiger partial charge in [-0.15, -0.1) is 0 Å². The Labute approximate surface area is 216 Å². The number of allylic oxidation sites excluding steroid dienone is 2. The summed E-state index contributed by atoms with van der Waals surface area (Å²) in [6.07, 6.45) is 6.24. The predicted molar refractivity (Wildman–Crippen MR) is 157 cm³/mol. The molecule has 4 aromatic rings. The normalized spacial score (nSPS) is 24.8. The van der Waals surface area contributed by atoms with E-state index in [2.05, 4.69) is 136 Å². The van der Waals surface area contributed by atoms with Gasteiger partial charge in [0.1, 0.15) is 0 Å².